The number of halogens is 1. The van der Waals surface area contributed by atoms with Gasteiger partial charge >= 0.3 is 0 Å². The van der Waals surface area contributed by atoms with Gasteiger partial charge in [-0.1, -0.05) is 11.6 Å². The van der Waals surface area contributed by atoms with Gasteiger partial charge in [0.05, 0.1) is 11.6 Å². The first-order valence-corrected chi connectivity index (χ1v) is 5.20. The van der Waals surface area contributed by atoms with Gasteiger partial charge in [-0.3, -0.25) is 0 Å². The van der Waals surface area contributed by atoms with E-state index in [0.717, 1.165) is 5.03 Å². The van der Waals surface area contributed by atoms with Crippen LogP contribution in [-0.2, 0) is 0 Å². The number of aliphatic hydroxyl groups excluding tert-OH is 1. The molecule has 1 unspecified atom stereocenters. The SMILES string of the molecule is NC(CO)CSc1ncccc1Cl. The van der Waals surface area contributed by atoms with Crippen molar-refractivity contribution in [1.82, 2.24) is 4.98 Å². The standard InChI is InChI=1S/C8H11ClN2OS/c9-7-2-1-3-11-8(7)13-5-6(10)4-12/h1-3,6,12H,4-5,10H2. The monoisotopic (exact) mass is 218 g/mol. The minimum atomic E-state index is -0.219. The third-order valence-electron chi connectivity index (χ3n) is 1.39. The first-order valence-electron chi connectivity index (χ1n) is 3.83. The molecule has 0 saturated carbocycles. The van der Waals surface area contributed by atoms with E-state index in [2.05, 4.69) is 4.98 Å². The quantitative estimate of drug-likeness (QED) is 0.745. The summed E-state index contributed by atoms with van der Waals surface area (Å²) in [4.78, 5) is 4.08. The molecule has 1 atom stereocenters. The molecule has 0 saturated heterocycles. The van der Waals surface area contributed by atoms with Gasteiger partial charge in [0, 0.05) is 18.0 Å². The van der Waals surface area contributed by atoms with Crippen LogP contribution in [0.5, 0.6) is 0 Å². The normalized spacial score (nSPS) is 12.8. The number of pyridine rings is 1. The predicted molar refractivity (Wildman–Crippen MR) is 55.0 cm³/mol. The second kappa shape index (κ2) is 5.44. The lowest BCUT2D eigenvalue weighted by atomic mass is 10.4. The van der Waals surface area contributed by atoms with Crippen molar-refractivity contribution in [2.45, 2.75) is 11.1 Å². The van der Waals surface area contributed by atoms with Crippen LogP contribution in [0.3, 0.4) is 0 Å². The van der Waals surface area contributed by atoms with E-state index < -0.39 is 0 Å². The average molecular weight is 219 g/mol. The first-order chi connectivity index (χ1) is 6.24. The third kappa shape index (κ3) is 3.52. The molecular formula is C8H11ClN2OS. The van der Waals surface area contributed by atoms with Gasteiger partial charge in [0.15, 0.2) is 0 Å². The summed E-state index contributed by atoms with van der Waals surface area (Å²) in [6.07, 6.45) is 1.68. The predicted octanol–water partition coefficient (Wildman–Crippen LogP) is 1.15. The van der Waals surface area contributed by atoms with E-state index in [1.165, 1.54) is 11.8 Å². The zero-order valence-electron chi connectivity index (χ0n) is 6.98. The van der Waals surface area contributed by atoms with Crippen LogP contribution in [0.4, 0.5) is 0 Å². The summed E-state index contributed by atoms with van der Waals surface area (Å²) in [5.74, 6) is 0.618. The van der Waals surface area contributed by atoms with Gasteiger partial charge in [-0.05, 0) is 12.1 Å². The molecule has 0 bridgehead atoms. The largest absolute Gasteiger partial charge is 0.395 e. The van der Waals surface area contributed by atoms with Crippen LogP contribution in [0, 0.1) is 0 Å². The van der Waals surface area contributed by atoms with Crippen LogP contribution in [0.1, 0.15) is 0 Å². The zero-order valence-corrected chi connectivity index (χ0v) is 8.55. The van der Waals surface area contributed by atoms with E-state index in [1.807, 2.05) is 0 Å². The first kappa shape index (κ1) is 10.8. The Labute approximate surface area is 86.3 Å². The lowest BCUT2D eigenvalue weighted by Gasteiger charge is -2.07. The van der Waals surface area contributed by atoms with E-state index >= 15 is 0 Å². The molecule has 72 valence electrons. The Kier molecular flexibility index (Phi) is 4.52. The molecule has 1 heterocycles. The number of thioether (sulfide) groups is 1. The van der Waals surface area contributed by atoms with Crippen LogP contribution in [-0.4, -0.2) is 28.5 Å². The van der Waals surface area contributed by atoms with Crippen LogP contribution < -0.4 is 5.73 Å². The van der Waals surface area contributed by atoms with Crippen molar-refractivity contribution >= 4 is 23.4 Å². The molecule has 0 aromatic carbocycles. The van der Waals surface area contributed by atoms with Crippen LogP contribution in [0.15, 0.2) is 23.4 Å². The summed E-state index contributed by atoms with van der Waals surface area (Å²) in [6, 6.07) is 3.34. The fourth-order valence-electron chi connectivity index (χ4n) is 0.716. The average Bonchev–Trinajstić information content (AvgIpc) is 2.16. The zero-order chi connectivity index (χ0) is 9.68. The smallest absolute Gasteiger partial charge is 0.115 e. The Bertz CT molecular complexity index is 272. The molecule has 0 radical (unpaired) electrons. The number of nitrogens with zero attached hydrogens (tertiary/aromatic N) is 1. The fourth-order valence-corrected chi connectivity index (χ4v) is 1.82. The van der Waals surface area contributed by atoms with Gasteiger partial charge in [-0.15, -0.1) is 11.8 Å². The maximum Gasteiger partial charge on any atom is 0.115 e. The molecule has 1 rings (SSSR count). The van der Waals surface area contributed by atoms with Crippen molar-refractivity contribution in [2.24, 2.45) is 5.73 Å². The Morgan fingerprint density at radius 1 is 1.69 bits per heavy atom. The maximum absolute atomic E-state index is 8.69. The summed E-state index contributed by atoms with van der Waals surface area (Å²) in [5.41, 5.74) is 5.53. The van der Waals surface area contributed by atoms with E-state index in [4.69, 9.17) is 22.4 Å². The number of hydrogen-bond acceptors (Lipinski definition) is 4. The molecule has 0 aliphatic heterocycles. The summed E-state index contributed by atoms with van der Waals surface area (Å²) in [6.45, 7) is -0.0164. The summed E-state index contributed by atoms with van der Waals surface area (Å²) in [7, 11) is 0. The lowest BCUT2D eigenvalue weighted by Crippen LogP contribution is -2.26. The Balaban J connectivity index is 2.50. The topological polar surface area (TPSA) is 59.1 Å². The van der Waals surface area contributed by atoms with Gasteiger partial charge in [0.25, 0.3) is 0 Å². The van der Waals surface area contributed by atoms with Crippen molar-refractivity contribution < 1.29 is 5.11 Å². The molecule has 0 aliphatic rings. The molecule has 1 aromatic rings. The van der Waals surface area contributed by atoms with E-state index in [-0.39, 0.29) is 12.6 Å². The molecule has 13 heavy (non-hydrogen) atoms. The molecule has 0 amide bonds. The second-order valence-electron chi connectivity index (χ2n) is 2.54. The van der Waals surface area contributed by atoms with E-state index in [1.54, 1.807) is 18.3 Å². The number of rotatable bonds is 4. The molecule has 3 N–H and O–H groups in total. The molecule has 1 aromatic heterocycles. The number of nitrogens with two attached hydrogens (primary N) is 1. The van der Waals surface area contributed by atoms with Crippen molar-refractivity contribution in [1.29, 1.82) is 0 Å². The highest BCUT2D eigenvalue weighted by Gasteiger charge is 2.05. The van der Waals surface area contributed by atoms with Gasteiger partial charge in [0.1, 0.15) is 5.03 Å². The van der Waals surface area contributed by atoms with Gasteiger partial charge in [0.2, 0.25) is 0 Å². The highest BCUT2D eigenvalue weighted by Crippen LogP contribution is 2.23. The van der Waals surface area contributed by atoms with Gasteiger partial charge < -0.3 is 10.8 Å². The molecular weight excluding hydrogens is 208 g/mol. The molecule has 3 nitrogen and oxygen atoms in total. The minimum absolute atomic E-state index is 0.0164. The van der Waals surface area contributed by atoms with Crippen LogP contribution >= 0.6 is 23.4 Å². The van der Waals surface area contributed by atoms with Crippen molar-refractivity contribution in [3.63, 3.8) is 0 Å². The van der Waals surface area contributed by atoms with Crippen LogP contribution in [0.25, 0.3) is 0 Å². The molecule has 0 fully saturated rings. The van der Waals surface area contributed by atoms with E-state index in [9.17, 15) is 0 Å². The fraction of sp³-hybridized carbons (Fsp3) is 0.375. The van der Waals surface area contributed by atoms with Crippen molar-refractivity contribution in [3.05, 3.63) is 23.4 Å². The Morgan fingerprint density at radius 3 is 3.08 bits per heavy atom. The summed E-state index contributed by atoms with van der Waals surface area (Å²) < 4.78 is 0. The third-order valence-corrected chi connectivity index (χ3v) is 3.00. The number of aromatic nitrogens is 1. The Morgan fingerprint density at radius 2 is 2.46 bits per heavy atom. The maximum atomic E-state index is 8.69. The number of aliphatic hydroxyl groups is 1. The second-order valence-corrected chi connectivity index (χ2v) is 3.96. The number of hydrogen-bond donors (Lipinski definition) is 2. The summed E-state index contributed by atoms with van der Waals surface area (Å²) >= 11 is 7.32. The molecule has 0 spiro atoms. The summed E-state index contributed by atoms with van der Waals surface area (Å²) in [5, 5.41) is 10.1. The van der Waals surface area contributed by atoms with Crippen molar-refractivity contribution in [3.8, 4) is 0 Å². The molecule has 5 heteroatoms. The minimum Gasteiger partial charge on any atom is -0.395 e. The van der Waals surface area contributed by atoms with Crippen molar-refractivity contribution in [2.75, 3.05) is 12.4 Å². The van der Waals surface area contributed by atoms with Crippen LogP contribution in [0.2, 0.25) is 5.02 Å². The van der Waals surface area contributed by atoms with E-state index in [0.29, 0.717) is 10.8 Å². The van der Waals surface area contributed by atoms with Gasteiger partial charge in [-0.2, -0.15) is 0 Å². The highest BCUT2D eigenvalue weighted by molar-refractivity contribution is 7.99. The highest BCUT2D eigenvalue weighted by atomic mass is 35.5. The van der Waals surface area contributed by atoms with Gasteiger partial charge in [-0.25, -0.2) is 4.98 Å². The lowest BCUT2D eigenvalue weighted by molar-refractivity contribution is 0.275. The molecule has 0 aliphatic carbocycles. The Hall–Kier alpha value is -0.290.